The van der Waals surface area contributed by atoms with Gasteiger partial charge < -0.3 is 11.1 Å². The Bertz CT molecular complexity index is 419. The fraction of sp³-hybridized carbons (Fsp3) is 0.667. The summed E-state index contributed by atoms with van der Waals surface area (Å²) in [6.45, 7) is 7.63. The zero-order valence-corrected chi connectivity index (χ0v) is 13.8. The fourth-order valence-electron chi connectivity index (χ4n) is 2.41. The lowest BCUT2D eigenvalue weighted by atomic mass is 10.00. The van der Waals surface area contributed by atoms with Gasteiger partial charge in [-0.05, 0) is 43.3 Å². The molecule has 4 nitrogen and oxygen atoms in total. The van der Waals surface area contributed by atoms with Crippen molar-refractivity contribution in [3.05, 3.63) is 21.9 Å². The molecule has 0 bridgehead atoms. The molecule has 0 fully saturated rings. The second-order valence-electron chi connectivity index (χ2n) is 5.13. The molecule has 5 heteroatoms. The Morgan fingerprint density at radius 3 is 2.65 bits per heavy atom. The van der Waals surface area contributed by atoms with E-state index in [9.17, 15) is 4.79 Å². The quantitative estimate of drug-likeness (QED) is 0.774. The summed E-state index contributed by atoms with van der Waals surface area (Å²) in [4.78, 5) is 15.3. The van der Waals surface area contributed by atoms with Crippen molar-refractivity contribution in [2.24, 2.45) is 5.73 Å². The molecular weight excluding hydrogens is 270 g/mol. The largest absolute Gasteiger partial charge is 0.358 e. The molecule has 0 aliphatic carbocycles. The topological polar surface area (TPSA) is 58.4 Å². The summed E-state index contributed by atoms with van der Waals surface area (Å²) in [5, 5.41) is 4.81. The van der Waals surface area contributed by atoms with Crippen LogP contribution in [0.4, 0.5) is 0 Å². The van der Waals surface area contributed by atoms with E-state index in [1.165, 1.54) is 10.4 Å². The molecule has 2 unspecified atom stereocenters. The predicted octanol–water partition coefficient (Wildman–Crippen LogP) is 2.29. The average molecular weight is 297 g/mol. The minimum atomic E-state index is 0.0426. The molecule has 0 radical (unpaired) electrons. The van der Waals surface area contributed by atoms with E-state index in [1.54, 1.807) is 18.4 Å². The standard InChI is InChI=1S/C15H27N3OS/c1-5-8-18(10-13(19)17-4)14(12(16)6-2)15-11(3)7-9-20-15/h7,9,12,14H,5-6,8,10,16H2,1-4H3,(H,17,19). The van der Waals surface area contributed by atoms with E-state index < -0.39 is 0 Å². The first-order valence-electron chi connectivity index (χ1n) is 7.29. The van der Waals surface area contributed by atoms with Crippen LogP contribution in [0.2, 0.25) is 0 Å². The van der Waals surface area contributed by atoms with Crippen molar-refractivity contribution in [2.45, 2.75) is 45.7 Å². The maximum atomic E-state index is 11.8. The van der Waals surface area contributed by atoms with Gasteiger partial charge >= 0.3 is 0 Å². The van der Waals surface area contributed by atoms with Crippen LogP contribution in [0.5, 0.6) is 0 Å². The molecule has 0 aromatic carbocycles. The normalized spacial score (nSPS) is 14.3. The number of nitrogens with one attached hydrogen (secondary N) is 1. The number of hydrogen-bond acceptors (Lipinski definition) is 4. The van der Waals surface area contributed by atoms with Crippen LogP contribution in [0.25, 0.3) is 0 Å². The highest BCUT2D eigenvalue weighted by Crippen LogP contribution is 2.31. The molecule has 3 N–H and O–H groups in total. The third-order valence-corrected chi connectivity index (χ3v) is 4.67. The van der Waals surface area contributed by atoms with Crippen LogP contribution in [0.15, 0.2) is 11.4 Å². The van der Waals surface area contributed by atoms with Gasteiger partial charge in [-0.15, -0.1) is 11.3 Å². The van der Waals surface area contributed by atoms with Crippen LogP contribution in [0.3, 0.4) is 0 Å². The first-order valence-corrected chi connectivity index (χ1v) is 8.17. The summed E-state index contributed by atoms with van der Waals surface area (Å²) >= 11 is 1.74. The van der Waals surface area contributed by atoms with Gasteiger partial charge in [0.15, 0.2) is 0 Å². The smallest absolute Gasteiger partial charge is 0.233 e. The Kier molecular flexibility index (Phi) is 7.19. The van der Waals surface area contributed by atoms with Gasteiger partial charge in [-0.25, -0.2) is 0 Å². The van der Waals surface area contributed by atoms with E-state index in [1.807, 2.05) is 0 Å². The summed E-state index contributed by atoms with van der Waals surface area (Å²) in [5.74, 6) is 0.0426. The minimum absolute atomic E-state index is 0.0426. The van der Waals surface area contributed by atoms with Gasteiger partial charge in [-0.1, -0.05) is 13.8 Å². The molecule has 1 rings (SSSR count). The van der Waals surface area contributed by atoms with Crippen molar-refractivity contribution in [3.63, 3.8) is 0 Å². The number of carbonyl (C=O) groups is 1. The van der Waals surface area contributed by atoms with Gasteiger partial charge in [0, 0.05) is 18.0 Å². The molecule has 0 aliphatic heterocycles. The van der Waals surface area contributed by atoms with Gasteiger partial charge in [-0.3, -0.25) is 9.69 Å². The number of nitrogens with zero attached hydrogens (tertiary/aromatic N) is 1. The zero-order chi connectivity index (χ0) is 15.1. The van der Waals surface area contributed by atoms with Crippen LogP contribution >= 0.6 is 11.3 Å². The first kappa shape index (κ1) is 17.1. The van der Waals surface area contributed by atoms with Crippen LogP contribution in [0.1, 0.15) is 43.2 Å². The molecule has 20 heavy (non-hydrogen) atoms. The summed E-state index contributed by atoms with van der Waals surface area (Å²) < 4.78 is 0. The van der Waals surface area contributed by atoms with Crippen molar-refractivity contribution in [2.75, 3.05) is 20.1 Å². The highest BCUT2D eigenvalue weighted by atomic mass is 32.1. The third-order valence-electron chi connectivity index (χ3n) is 3.58. The number of nitrogens with two attached hydrogens (primary N) is 1. The zero-order valence-electron chi connectivity index (χ0n) is 13.0. The summed E-state index contributed by atoms with van der Waals surface area (Å²) in [5.41, 5.74) is 7.62. The van der Waals surface area contributed by atoms with Crippen molar-refractivity contribution in [1.82, 2.24) is 10.2 Å². The van der Waals surface area contributed by atoms with Crippen molar-refractivity contribution in [1.29, 1.82) is 0 Å². The van der Waals surface area contributed by atoms with Crippen molar-refractivity contribution in [3.8, 4) is 0 Å². The molecule has 0 aliphatic rings. The summed E-state index contributed by atoms with van der Waals surface area (Å²) in [6.07, 6.45) is 1.91. The summed E-state index contributed by atoms with van der Waals surface area (Å²) in [7, 11) is 1.68. The number of rotatable bonds is 8. The predicted molar refractivity (Wildman–Crippen MR) is 86.0 cm³/mol. The molecule has 0 spiro atoms. The second kappa shape index (κ2) is 8.39. The average Bonchev–Trinajstić information content (AvgIpc) is 2.85. The molecule has 1 aromatic heterocycles. The van der Waals surface area contributed by atoms with Gasteiger partial charge in [0.1, 0.15) is 0 Å². The van der Waals surface area contributed by atoms with E-state index in [0.29, 0.717) is 6.54 Å². The van der Waals surface area contributed by atoms with Gasteiger partial charge in [0.05, 0.1) is 12.6 Å². The van der Waals surface area contributed by atoms with Crippen molar-refractivity contribution < 1.29 is 4.79 Å². The molecule has 1 heterocycles. The van der Waals surface area contributed by atoms with E-state index in [4.69, 9.17) is 5.73 Å². The van der Waals surface area contributed by atoms with Gasteiger partial charge in [0.25, 0.3) is 0 Å². The number of carbonyl (C=O) groups excluding carboxylic acids is 1. The fourth-order valence-corrected chi connectivity index (χ4v) is 3.54. The van der Waals surface area contributed by atoms with Crippen LogP contribution < -0.4 is 11.1 Å². The van der Waals surface area contributed by atoms with Gasteiger partial charge in [0.2, 0.25) is 5.91 Å². The lowest BCUT2D eigenvalue weighted by Gasteiger charge is -2.34. The Morgan fingerprint density at radius 2 is 2.20 bits per heavy atom. The Morgan fingerprint density at radius 1 is 1.50 bits per heavy atom. The Hall–Kier alpha value is -0.910. The van der Waals surface area contributed by atoms with Crippen LogP contribution in [0, 0.1) is 6.92 Å². The number of aryl methyl sites for hydroxylation is 1. The maximum absolute atomic E-state index is 11.8. The molecule has 1 amide bonds. The molecule has 2 atom stereocenters. The minimum Gasteiger partial charge on any atom is -0.358 e. The molecule has 114 valence electrons. The lowest BCUT2D eigenvalue weighted by molar-refractivity contribution is -0.122. The SMILES string of the molecule is CCCN(CC(=O)NC)C(c1sccc1C)C(N)CC. The van der Waals surface area contributed by atoms with Crippen LogP contribution in [-0.2, 0) is 4.79 Å². The third kappa shape index (κ3) is 4.30. The molecule has 0 saturated heterocycles. The first-order chi connectivity index (χ1) is 9.54. The van der Waals surface area contributed by atoms with E-state index in [2.05, 4.69) is 42.4 Å². The number of thiophene rings is 1. The molecule has 1 aromatic rings. The highest BCUT2D eigenvalue weighted by Gasteiger charge is 2.28. The Balaban J connectivity index is 3.05. The van der Waals surface area contributed by atoms with Crippen molar-refractivity contribution >= 4 is 17.2 Å². The number of likely N-dealkylation sites (N-methyl/N-ethyl adjacent to an activating group) is 1. The van der Waals surface area contributed by atoms with E-state index >= 15 is 0 Å². The number of amides is 1. The maximum Gasteiger partial charge on any atom is 0.233 e. The highest BCUT2D eigenvalue weighted by molar-refractivity contribution is 7.10. The lowest BCUT2D eigenvalue weighted by Crippen LogP contribution is -2.45. The molecular formula is C15H27N3OS. The van der Waals surface area contributed by atoms with Crippen LogP contribution in [-0.4, -0.2) is 37.0 Å². The monoisotopic (exact) mass is 297 g/mol. The number of hydrogen-bond donors (Lipinski definition) is 2. The van der Waals surface area contributed by atoms with E-state index in [0.717, 1.165) is 19.4 Å². The second-order valence-corrected chi connectivity index (χ2v) is 6.08. The van der Waals surface area contributed by atoms with E-state index in [-0.39, 0.29) is 18.0 Å². The van der Waals surface area contributed by atoms with Gasteiger partial charge in [-0.2, -0.15) is 0 Å². The Labute approximate surface area is 126 Å². The summed E-state index contributed by atoms with van der Waals surface area (Å²) in [6, 6.07) is 2.29. The molecule has 0 saturated carbocycles.